The Balaban J connectivity index is 2.32. The van der Waals surface area contributed by atoms with Crippen molar-refractivity contribution in [1.82, 2.24) is 9.03 Å². The summed E-state index contributed by atoms with van der Waals surface area (Å²) in [6.45, 7) is 2.14. The topological polar surface area (TPSA) is 95.9 Å². The molecule has 0 aromatic rings. The van der Waals surface area contributed by atoms with Crippen LogP contribution >= 0.6 is 0 Å². The van der Waals surface area contributed by atoms with Gasteiger partial charge in [0.05, 0.1) is 6.61 Å². The van der Waals surface area contributed by atoms with Crippen LogP contribution in [0.1, 0.15) is 26.2 Å². The van der Waals surface area contributed by atoms with Crippen molar-refractivity contribution < 1.29 is 23.1 Å². The molecule has 18 heavy (non-hydrogen) atoms. The fourth-order valence-electron chi connectivity index (χ4n) is 1.91. The van der Waals surface area contributed by atoms with Gasteiger partial charge in [0.15, 0.2) is 0 Å². The van der Waals surface area contributed by atoms with Crippen LogP contribution in [-0.4, -0.2) is 56.1 Å². The number of carboxylic acid groups (broad SMARTS) is 1. The van der Waals surface area contributed by atoms with Crippen molar-refractivity contribution in [3.8, 4) is 0 Å². The minimum absolute atomic E-state index is 0.0104. The van der Waals surface area contributed by atoms with E-state index in [1.807, 2.05) is 6.92 Å². The first kappa shape index (κ1) is 15.4. The lowest BCUT2D eigenvalue weighted by Crippen LogP contribution is -2.48. The summed E-state index contributed by atoms with van der Waals surface area (Å²) in [6.07, 6.45) is 2.80. The molecule has 1 aliphatic heterocycles. The number of aliphatic carboxylic acids is 1. The predicted molar refractivity (Wildman–Crippen MR) is 65.4 cm³/mol. The second-order valence-corrected chi connectivity index (χ2v) is 6.01. The first-order valence-electron chi connectivity index (χ1n) is 5.99. The summed E-state index contributed by atoms with van der Waals surface area (Å²) in [6, 6.07) is 0.0104. The summed E-state index contributed by atoms with van der Waals surface area (Å²) in [5.41, 5.74) is 0. The molecule has 1 unspecified atom stereocenters. The number of nitrogens with zero attached hydrogens (tertiary/aromatic N) is 1. The van der Waals surface area contributed by atoms with Gasteiger partial charge in [0.25, 0.3) is 10.2 Å². The SMILES string of the molecule is CC1CCCCN1S(=O)(=O)NCCOCC(=O)O. The molecular weight excluding hydrogens is 260 g/mol. The number of carboxylic acids is 1. The van der Waals surface area contributed by atoms with Gasteiger partial charge in [-0.25, -0.2) is 4.79 Å². The van der Waals surface area contributed by atoms with Crippen LogP contribution in [0.25, 0.3) is 0 Å². The van der Waals surface area contributed by atoms with Crippen molar-refractivity contribution in [3.63, 3.8) is 0 Å². The fraction of sp³-hybridized carbons (Fsp3) is 0.900. The molecule has 0 aromatic carbocycles. The molecule has 8 heteroatoms. The normalized spacial score (nSPS) is 21.9. The number of hydrogen-bond acceptors (Lipinski definition) is 4. The van der Waals surface area contributed by atoms with Crippen LogP contribution in [0.2, 0.25) is 0 Å². The van der Waals surface area contributed by atoms with Crippen molar-refractivity contribution in [3.05, 3.63) is 0 Å². The Bertz CT molecular complexity index is 370. The highest BCUT2D eigenvalue weighted by atomic mass is 32.2. The lowest BCUT2D eigenvalue weighted by atomic mass is 10.1. The van der Waals surface area contributed by atoms with Crippen LogP contribution in [0.5, 0.6) is 0 Å². The van der Waals surface area contributed by atoms with E-state index in [-0.39, 0.29) is 19.2 Å². The molecule has 1 heterocycles. The van der Waals surface area contributed by atoms with Gasteiger partial charge in [-0.3, -0.25) is 0 Å². The minimum atomic E-state index is -3.48. The third-order valence-corrected chi connectivity index (χ3v) is 4.54. The number of piperidine rings is 1. The molecule has 0 saturated carbocycles. The summed E-state index contributed by atoms with van der Waals surface area (Å²) in [4.78, 5) is 10.2. The summed E-state index contributed by atoms with van der Waals surface area (Å²) in [5.74, 6) is -1.07. The number of rotatable bonds is 7. The van der Waals surface area contributed by atoms with Crippen LogP contribution in [0.4, 0.5) is 0 Å². The molecule has 1 rings (SSSR count). The summed E-state index contributed by atoms with van der Waals surface area (Å²) >= 11 is 0. The quantitative estimate of drug-likeness (QED) is 0.629. The Morgan fingerprint density at radius 1 is 1.50 bits per heavy atom. The van der Waals surface area contributed by atoms with Gasteiger partial charge in [-0.2, -0.15) is 17.4 Å². The summed E-state index contributed by atoms with van der Waals surface area (Å²) in [5, 5.41) is 8.34. The van der Waals surface area contributed by atoms with Gasteiger partial charge in [0.1, 0.15) is 6.61 Å². The molecule has 0 spiro atoms. The zero-order chi connectivity index (χ0) is 13.6. The Morgan fingerprint density at radius 3 is 2.83 bits per heavy atom. The molecule has 0 aromatic heterocycles. The first-order chi connectivity index (χ1) is 8.43. The second-order valence-electron chi connectivity index (χ2n) is 4.30. The third kappa shape index (κ3) is 4.89. The van der Waals surface area contributed by atoms with E-state index in [1.165, 1.54) is 4.31 Å². The monoisotopic (exact) mass is 280 g/mol. The Hall–Kier alpha value is -0.700. The van der Waals surface area contributed by atoms with Gasteiger partial charge >= 0.3 is 5.97 Å². The highest BCUT2D eigenvalue weighted by Gasteiger charge is 2.28. The molecule has 106 valence electrons. The van der Waals surface area contributed by atoms with E-state index >= 15 is 0 Å². The molecule has 1 atom stereocenters. The maximum Gasteiger partial charge on any atom is 0.329 e. The van der Waals surface area contributed by atoms with Crippen molar-refractivity contribution in [2.75, 3.05) is 26.3 Å². The molecular formula is C10H20N2O5S. The molecule has 0 bridgehead atoms. The highest BCUT2D eigenvalue weighted by Crippen LogP contribution is 2.18. The van der Waals surface area contributed by atoms with E-state index in [9.17, 15) is 13.2 Å². The second kappa shape index (κ2) is 7.03. The molecule has 7 nitrogen and oxygen atoms in total. The maximum atomic E-state index is 11.9. The highest BCUT2D eigenvalue weighted by molar-refractivity contribution is 7.87. The first-order valence-corrected chi connectivity index (χ1v) is 7.43. The predicted octanol–water partition coefficient (Wildman–Crippen LogP) is -0.204. The Morgan fingerprint density at radius 2 is 2.22 bits per heavy atom. The molecule has 0 radical (unpaired) electrons. The minimum Gasteiger partial charge on any atom is -0.480 e. The van der Waals surface area contributed by atoms with E-state index in [0.717, 1.165) is 19.3 Å². The largest absolute Gasteiger partial charge is 0.480 e. The van der Waals surface area contributed by atoms with Gasteiger partial charge in [-0.1, -0.05) is 6.42 Å². The zero-order valence-corrected chi connectivity index (χ0v) is 11.3. The maximum absolute atomic E-state index is 11.9. The van der Waals surface area contributed by atoms with Crippen LogP contribution < -0.4 is 4.72 Å². The number of ether oxygens (including phenoxy) is 1. The van der Waals surface area contributed by atoms with Gasteiger partial charge < -0.3 is 9.84 Å². The van der Waals surface area contributed by atoms with Crippen molar-refractivity contribution in [2.24, 2.45) is 0 Å². The molecule has 1 saturated heterocycles. The Labute approximate surface area is 107 Å². The fourth-order valence-corrected chi connectivity index (χ4v) is 3.37. The lowest BCUT2D eigenvalue weighted by Gasteiger charge is -2.32. The smallest absolute Gasteiger partial charge is 0.329 e. The summed E-state index contributed by atoms with van der Waals surface area (Å²) < 4.78 is 32.5. The number of carbonyl (C=O) groups is 1. The Kier molecular flexibility index (Phi) is 6.00. The van der Waals surface area contributed by atoms with Crippen LogP contribution in [-0.2, 0) is 19.7 Å². The van der Waals surface area contributed by atoms with E-state index in [2.05, 4.69) is 4.72 Å². The molecule has 1 aliphatic rings. The van der Waals surface area contributed by atoms with Gasteiger partial charge in [0.2, 0.25) is 0 Å². The van der Waals surface area contributed by atoms with E-state index in [1.54, 1.807) is 0 Å². The van der Waals surface area contributed by atoms with Crippen molar-refractivity contribution in [1.29, 1.82) is 0 Å². The van der Waals surface area contributed by atoms with Crippen LogP contribution in [0.3, 0.4) is 0 Å². The average Bonchev–Trinajstić information content (AvgIpc) is 2.28. The van der Waals surface area contributed by atoms with E-state index in [4.69, 9.17) is 9.84 Å². The molecule has 1 fully saturated rings. The van der Waals surface area contributed by atoms with Crippen molar-refractivity contribution in [2.45, 2.75) is 32.2 Å². The van der Waals surface area contributed by atoms with Gasteiger partial charge in [-0.15, -0.1) is 0 Å². The third-order valence-electron chi connectivity index (χ3n) is 2.81. The van der Waals surface area contributed by atoms with Gasteiger partial charge in [-0.05, 0) is 19.8 Å². The van der Waals surface area contributed by atoms with Gasteiger partial charge in [0, 0.05) is 19.1 Å². The molecule has 2 N–H and O–H groups in total. The van der Waals surface area contributed by atoms with Crippen LogP contribution in [0, 0.1) is 0 Å². The van der Waals surface area contributed by atoms with Crippen molar-refractivity contribution >= 4 is 16.2 Å². The standard InChI is InChI=1S/C10H20N2O5S/c1-9-4-2-3-6-12(9)18(15,16)11-5-7-17-8-10(13)14/h9,11H,2-8H2,1H3,(H,13,14). The van der Waals surface area contributed by atoms with Crippen LogP contribution in [0.15, 0.2) is 0 Å². The molecule has 0 amide bonds. The van der Waals surface area contributed by atoms with E-state index < -0.39 is 22.8 Å². The lowest BCUT2D eigenvalue weighted by molar-refractivity contribution is -0.142. The average molecular weight is 280 g/mol. The number of hydrogen-bond donors (Lipinski definition) is 2. The molecule has 0 aliphatic carbocycles. The summed E-state index contributed by atoms with van der Waals surface area (Å²) in [7, 11) is -3.48. The zero-order valence-electron chi connectivity index (χ0n) is 10.5. The van der Waals surface area contributed by atoms with E-state index in [0.29, 0.717) is 6.54 Å². The number of nitrogens with one attached hydrogen (secondary N) is 1.